The van der Waals surface area contributed by atoms with Gasteiger partial charge in [-0.15, -0.1) is 0 Å². The number of aliphatic imine (C=N–C) groups is 1. The number of anilines is 2. The third-order valence-corrected chi connectivity index (χ3v) is 5.89. The van der Waals surface area contributed by atoms with Crippen molar-refractivity contribution >= 4 is 34.7 Å². The number of fused-ring (bicyclic) bond motifs is 2. The van der Waals surface area contributed by atoms with Gasteiger partial charge >= 0.3 is 6.03 Å². The topological polar surface area (TPSA) is 158 Å². The van der Waals surface area contributed by atoms with Crippen molar-refractivity contribution in [3.05, 3.63) is 18.2 Å². The molecule has 4 atom stereocenters. The van der Waals surface area contributed by atoms with Gasteiger partial charge in [-0.25, -0.2) is 9.79 Å². The Bertz CT molecular complexity index is 887. The van der Waals surface area contributed by atoms with Crippen molar-refractivity contribution in [2.45, 2.75) is 43.7 Å². The van der Waals surface area contributed by atoms with Gasteiger partial charge in [-0.2, -0.15) is 0 Å². The largest absolute Gasteiger partial charge is 0.394 e. The number of urea groups is 1. The zero-order valence-corrected chi connectivity index (χ0v) is 16.9. The summed E-state index contributed by atoms with van der Waals surface area (Å²) in [7, 11) is 0. The second-order valence-electron chi connectivity index (χ2n) is 8.01. The first-order chi connectivity index (χ1) is 14.9. The van der Waals surface area contributed by atoms with E-state index in [1.54, 1.807) is 11.0 Å². The molecule has 3 aliphatic rings. The second-order valence-corrected chi connectivity index (χ2v) is 8.01. The molecule has 2 fully saturated rings. The van der Waals surface area contributed by atoms with E-state index >= 15 is 0 Å². The summed E-state index contributed by atoms with van der Waals surface area (Å²) in [5.41, 5.74) is 2.08. The molecule has 6 N–H and O–H groups in total. The van der Waals surface area contributed by atoms with Gasteiger partial charge in [0, 0.05) is 25.3 Å². The SMILES string of the molecule is O=C1NC(=O)C2=Nc3ccc(N4CCCCC4)cc3N(C[C@H](O)[C@H](O)[C@H](O)CO)[C@H]2N1. The maximum atomic E-state index is 12.4. The average Bonchev–Trinajstić information content (AvgIpc) is 2.78. The Morgan fingerprint density at radius 3 is 2.55 bits per heavy atom. The molecule has 168 valence electrons. The number of nitrogens with one attached hydrogen (secondary N) is 2. The zero-order valence-electron chi connectivity index (χ0n) is 16.9. The molecule has 0 aromatic heterocycles. The number of hydrogen-bond donors (Lipinski definition) is 6. The van der Waals surface area contributed by atoms with Crippen LogP contribution >= 0.6 is 0 Å². The number of piperidine rings is 1. The molecule has 11 heteroatoms. The van der Waals surface area contributed by atoms with E-state index in [2.05, 4.69) is 20.5 Å². The lowest BCUT2D eigenvalue weighted by atomic mass is 10.0. The minimum Gasteiger partial charge on any atom is -0.394 e. The fourth-order valence-electron chi connectivity index (χ4n) is 4.19. The lowest BCUT2D eigenvalue weighted by Gasteiger charge is -2.42. The Labute approximate surface area is 179 Å². The predicted octanol–water partition coefficient (Wildman–Crippen LogP) is -1.19. The molecule has 1 aromatic carbocycles. The standard InChI is InChI=1S/C20H27N5O6/c26-10-15(28)17(29)14(27)9-25-13-8-11(24-6-2-1-3-7-24)4-5-12(13)21-16-18(25)22-20(31)23-19(16)30/h4-5,8,14-15,17-18,26-29H,1-3,6-7,9-10H2,(H2,22,23,30,31)/t14-,15+,17-,18+/m0/s1. The number of hydrogen-bond acceptors (Lipinski definition) is 9. The minimum absolute atomic E-state index is 0.0576. The molecule has 0 spiro atoms. The van der Waals surface area contributed by atoms with E-state index in [9.17, 15) is 24.9 Å². The molecule has 0 unspecified atom stereocenters. The highest BCUT2D eigenvalue weighted by Crippen LogP contribution is 2.38. The Morgan fingerprint density at radius 1 is 1.10 bits per heavy atom. The van der Waals surface area contributed by atoms with Crippen molar-refractivity contribution in [1.29, 1.82) is 0 Å². The predicted molar refractivity (Wildman–Crippen MR) is 113 cm³/mol. The van der Waals surface area contributed by atoms with Gasteiger partial charge in [0.2, 0.25) is 0 Å². The molecule has 0 radical (unpaired) electrons. The smallest absolute Gasteiger partial charge is 0.323 e. The van der Waals surface area contributed by atoms with Crippen LogP contribution in [0.1, 0.15) is 19.3 Å². The highest BCUT2D eigenvalue weighted by molar-refractivity contribution is 6.46. The van der Waals surface area contributed by atoms with Gasteiger partial charge in [-0.1, -0.05) is 0 Å². The summed E-state index contributed by atoms with van der Waals surface area (Å²) in [5.74, 6) is -0.644. The van der Waals surface area contributed by atoms with Crippen LogP contribution < -0.4 is 20.4 Å². The van der Waals surface area contributed by atoms with Crippen LogP contribution in [0.25, 0.3) is 0 Å². The fraction of sp³-hybridized carbons (Fsp3) is 0.550. The van der Waals surface area contributed by atoms with Crippen LogP contribution in [-0.4, -0.2) is 88.8 Å². The summed E-state index contributed by atoms with van der Waals surface area (Å²) < 4.78 is 0. The summed E-state index contributed by atoms with van der Waals surface area (Å²) in [5, 5.41) is 44.2. The van der Waals surface area contributed by atoms with Crippen LogP contribution in [0.5, 0.6) is 0 Å². The van der Waals surface area contributed by atoms with Crippen LogP contribution in [0.3, 0.4) is 0 Å². The van der Waals surface area contributed by atoms with Gasteiger partial charge in [0.25, 0.3) is 5.91 Å². The Balaban J connectivity index is 1.71. The molecule has 2 saturated heterocycles. The normalized spacial score (nSPS) is 23.7. The van der Waals surface area contributed by atoms with E-state index in [1.165, 1.54) is 6.42 Å². The molecule has 1 aromatic rings. The summed E-state index contributed by atoms with van der Waals surface area (Å²) >= 11 is 0. The first-order valence-corrected chi connectivity index (χ1v) is 10.4. The number of imide groups is 1. The maximum absolute atomic E-state index is 12.4. The Morgan fingerprint density at radius 2 is 1.84 bits per heavy atom. The van der Waals surface area contributed by atoms with Gasteiger partial charge in [0.1, 0.15) is 24.0 Å². The Hall–Kier alpha value is -2.73. The molecule has 3 heterocycles. The van der Waals surface area contributed by atoms with Gasteiger partial charge < -0.3 is 35.5 Å². The number of carbonyl (C=O) groups excluding carboxylic acids is 2. The Kier molecular flexibility index (Phi) is 6.10. The molecule has 31 heavy (non-hydrogen) atoms. The molecule has 4 rings (SSSR count). The van der Waals surface area contributed by atoms with E-state index in [0.29, 0.717) is 11.4 Å². The first kappa shape index (κ1) is 21.5. The molecule has 0 aliphatic carbocycles. The van der Waals surface area contributed by atoms with Crippen molar-refractivity contribution in [3.8, 4) is 0 Å². The van der Waals surface area contributed by atoms with E-state index in [4.69, 9.17) is 5.11 Å². The lowest BCUT2D eigenvalue weighted by Crippen LogP contribution is -2.67. The van der Waals surface area contributed by atoms with Gasteiger partial charge in [-0.05, 0) is 37.5 Å². The number of aliphatic hydroxyl groups is 4. The molecular formula is C20H27N5O6. The third kappa shape index (κ3) is 4.22. The van der Waals surface area contributed by atoms with Crippen LogP contribution in [0.15, 0.2) is 23.2 Å². The molecular weight excluding hydrogens is 406 g/mol. The van der Waals surface area contributed by atoms with Crippen LogP contribution in [0, 0.1) is 0 Å². The summed E-state index contributed by atoms with van der Waals surface area (Å²) in [6, 6.07) is 4.90. The summed E-state index contributed by atoms with van der Waals surface area (Å²) in [6.45, 7) is 0.898. The average molecular weight is 433 g/mol. The van der Waals surface area contributed by atoms with Crippen molar-refractivity contribution in [3.63, 3.8) is 0 Å². The van der Waals surface area contributed by atoms with E-state index in [-0.39, 0.29) is 12.3 Å². The number of amides is 3. The fourth-order valence-corrected chi connectivity index (χ4v) is 4.19. The summed E-state index contributed by atoms with van der Waals surface area (Å²) in [6.07, 6.45) is -2.20. The molecule has 11 nitrogen and oxygen atoms in total. The number of β-amino-alcohol motifs (C(OH)–C–C–N with tert-alkyl or cyclic N) is 1. The number of nitrogens with zero attached hydrogens (tertiary/aromatic N) is 3. The number of benzene rings is 1. The first-order valence-electron chi connectivity index (χ1n) is 10.4. The second kappa shape index (κ2) is 8.79. The van der Waals surface area contributed by atoms with E-state index in [0.717, 1.165) is 31.6 Å². The lowest BCUT2D eigenvalue weighted by molar-refractivity contribution is -0.114. The number of aliphatic hydroxyl groups excluding tert-OH is 4. The molecule has 3 aliphatic heterocycles. The van der Waals surface area contributed by atoms with Crippen LogP contribution in [-0.2, 0) is 4.79 Å². The van der Waals surface area contributed by atoms with Gasteiger partial charge in [0.05, 0.1) is 18.0 Å². The molecule has 3 amide bonds. The highest BCUT2D eigenvalue weighted by Gasteiger charge is 2.41. The number of rotatable bonds is 6. The van der Waals surface area contributed by atoms with Gasteiger partial charge in [-0.3, -0.25) is 10.1 Å². The number of carbonyl (C=O) groups is 2. The van der Waals surface area contributed by atoms with Crippen molar-refractivity contribution in [1.82, 2.24) is 10.6 Å². The van der Waals surface area contributed by atoms with Crippen molar-refractivity contribution in [2.24, 2.45) is 4.99 Å². The molecule has 0 saturated carbocycles. The van der Waals surface area contributed by atoms with Crippen molar-refractivity contribution in [2.75, 3.05) is 36.0 Å². The zero-order chi connectivity index (χ0) is 22.1. The third-order valence-electron chi connectivity index (χ3n) is 5.89. The maximum Gasteiger partial charge on any atom is 0.323 e. The van der Waals surface area contributed by atoms with Gasteiger partial charge in [0.15, 0.2) is 6.17 Å². The quantitative estimate of drug-likeness (QED) is 0.327. The minimum atomic E-state index is -1.62. The van der Waals surface area contributed by atoms with E-state index < -0.39 is 43.0 Å². The summed E-state index contributed by atoms with van der Waals surface area (Å²) in [4.78, 5) is 32.6. The molecule has 0 bridgehead atoms. The van der Waals surface area contributed by atoms with Crippen LogP contribution in [0.2, 0.25) is 0 Å². The van der Waals surface area contributed by atoms with E-state index in [1.807, 2.05) is 12.1 Å². The van der Waals surface area contributed by atoms with Crippen molar-refractivity contribution < 1.29 is 30.0 Å². The monoisotopic (exact) mass is 433 g/mol. The van der Waals surface area contributed by atoms with Crippen LogP contribution in [0.4, 0.5) is 21.9 Å². The highest BCUT2D eigenvalue weighted by atomic mass is 16.4.